The van der Waals surface area contributed by atoms with Crippen LogP contribution in [0.15, 0.2) is 18.2 Å². The van der Waals surface area contributed by atoms with Crippen molar-refractivity contribution in [2.45, 2.75) is 53.0 Å². The molecular weight excluding hydrogens is 262 g/mol. The smallest absolute Gasteiger partial charge is 0.161 e. The topological polar surface area (TPSA) is 32.7 Å². The number of piperidine rings is 1. The molecule has 0 aromatic heterocycles. The average Bonchev–Trinajstić information content (AvgIpc) is 2.52. The molecule has 1 fully saturated rings. The predicted octanol–water partition coefficient (Wildman–Crippen LogP) is 4.19. The van der Waals surface area contributed by atoms with Crippen molar-refractivity contribution in [3.8, 4) is 11.5 Å². The number of rotatable bonds is 6. The lowest BCUT2D eigenvalue weighted by molar-refractivity contribution is 0.0908. The summed E-state index contributed by atoms with van der Waals surface area (Å²) in [7, 11) is 0. The molecule has 0 unspecified atom stereocenters. The number of hydrogen-bond donors (Lipinski definition) is 1. The molecule has 2 rings (SSSR count). The number of likely N-dealkylation sites (tertiary alicyclic amines) is 1. The van der Waals surface area contributed by atoms with E-state index in [2.05, 4.69) is 18.7 Å². The maximum absolute atomic E-state index is 9.77. The quantitative estimate of drug-likeness (QED) is 0.853. The number of nitrogens with zero attached hydrogens (tertiary/aromatic N) is 1. The van der Waals surface area contributed by atoms with Gasteiger partial charge >= 0.3 is 0 Å². The molecule has 1 heterocycles. The van der Waals surface area contributed by atoms with Crippen molar-refractivity contribution in [1.29, 1.82) is 0 Å². The Kier molecular flexibility index (Phi) is 5.51. The Morgan fingerprint density at radius 3 is 2.38 bits per heavy atom. The fraction of sp³-hybridized carbons (Fsp3) is 0.667. The van der Waals surface area contributed by atoms with Crippen LogP contribution in [-0.2, 0) is 6.54 Å². The molecule has 1 aromatic rings. The molecule has 1 aliphatic rings. The second-order valence-electron chi connectivity index (χ2n) is 6.22. The molecule has 0 saturated carbocycles. The molecule has 0 atom stereocenters. The number of phenolic OH excluding ortho intramolecular Hbond substituents is 1. The Morgan fingerprint density at radius 1 is 1.14 bits per heavy atom. The standard InChI is InChI=1S/C18H29NO2/c1-4-18(5-2)9-11-19(12-10-18)14-15-7-8-16(20)17(13-15)21-6-3/h7-8,13,20H,4-6,9-12,14H2,1-3H3. The zero-order valence-electron chi connectivity index (χ0n) is 13.7. The Hall–Kier alpha value is -1.22. The Bertz CT molecular complexity index is 445. The zero-order chi connectivity index (χ0) is 15.3. The first-order valence-corrected chi connectivity index (χ1v) is 8.29. The minimum Gasteiger partial charge on any atom is -0.504 e. The van der Waals surface area contributed by atoms with Crippen molar-refractivity contribution < 1.29 is 9.84 Å². The summed E-state index contributed by atoms with van der Waals surface area (Å²) in [4.78, 5) is 2.52. The van der Waals surface area contributed by atoms with E-state index in [9.17, 15) is 5.11 Å². The van der Waals surface area contributed by atoms with Crippen LogP contribution >= 0.6 is 0 Å². The van der Waals surface area contributed by atoms with Gasteiger partial charge in [0, 0.05) is 6.54 Å². The molecule has 21 heavy (non-hydrogen) atoms. The molecule has 0 aliphatic carbocycles. The molecule has 1 aromatic carbocycles. The summed E-state index contributed by atoms with van der Waals surface area (Å²) < 4.78 is 5.47. The first-order valence-electron chi connectivity index (χ1n) is 8.29. The van der Waals surface area contributed by atoms with E-state index in [1.54, 1.807) is 6.07 Å². The summed E-state index contributed by atoms with van der Waals surface area (Å²) in [6.07, 6.45) is 5.20. The van der Waals surface area contributed by atoms with Crippen molar-refractivity contribution in [2.75, 3.05) is 19.7 Å². The van der Waals surface area contributed by atoms with E-state index in [-0.39, 0.29) is 5.75 Å². The van der Waals surface area contributed by atoms with Crippen molar-refractivity contribution in [3.63, 3.8) is 0 Å². The lowest BCUT2D eigenvalue weighted by atomic mass is 9.74. The number of ether oxygens (including phenoxy) is 1. The number of aromatic hydroxyl groups is 1. The molecule has 1 saturated heterocycles. The third kappa shape index (κ3) is 3.91. The summed E-state index contributed by atoms with van der Waals surface area (Å²) in [6.45, 7) is 10.5. The predicted molar refractivity (Wildman–Crippen MR) is 86.8 cm³/mol. The van der Waals surface area contributed by atoms with Crippen LogP contribution in [0.4, 0.5) is 0 Å². The normalized spacial score (nSPS) is 18.6. The van der Waals surface area contributed by atoms with Gasteiger partial charge in [-0.1, -0.05) is 32.8 Å². The first kappa shape index (κ1) is 16.2. The Morgan fingerprint density at radius 2 is 1.81 bits per heavy atom. The summed E-state index contributed by atoms with van der Waals surface area (Å²) in [5.74, 6) is 0.832. The molecule has 0 radical (unpaired) electrons. The van der Waals surface area contributed by atoms with Gasteiger partial charge in [-0.25, -0.2) is 0 Å². The van der Waals surface area contributed by atoms with E-state index in [4.69, 9.17) is 4.74 Å². The summed E-state index contributed by atoms with van der Waals surface area (Å²) in [6, 6.07) is 5.71. The van der Waals surface area contributed by atoms with Crippen LogP contribution in [0.2, 0.25) is 0 Å². The van der Waals surface area contributed by atoms with Gasteiger partial charge in [-0.2, -0.15) is 0 Å². The van der Waals surface area contributed by atoms with E-state index in [0.717, 1.165) is 6.54 Å². The minimum atomic E-state index is 0.232. The van der Waals surface area contributed by atoms with Gasteiger partial charge in [-0.05, 0) is 56.0 Å². The molecule has 1 N–H and O–H groups in total. The number of benzene rings is 1. The highest BCUT2D eigenvalue weighted by atomic mass is 16.5. The van der Waals surface area contributed by atoms with Crippen molar-refractivity contribution in [1.82, 2.24) is 4.90 Å². The Labute approximate surface area is 128 Å². The van der Waals surface area contributed by atoms with E-state index < -0.39 is 0 Å². The van der Waals surface area contributed by atoms with Crippen LogP contribution in [-0.4, -0.2) is 29.7 Å². The molecule has 0 bridgehead atoms. The van der Waals surface area contributed by atoms with Gasteiger partial charge in [0.1, 0.15) is 0 Å². The second kappa shape index (κ2) is 7.17. The molecule has 1 aliphatic heterocycles. The lowest BCUT2D eigenvalue weighted by Gasteiger charge is -2.41. The average molecular weight is 291 g/mol. The largest absolute Gasteiger partial charge is 0.504 e. The van der Waals surface area contributed by atoms with Gasteiger partial charge in [0.05, 0.1) is 6.61 Å². The van der Waals surface area contributed by atoms with E-state index in [1.807, 2.05) is 19.1 Å². The fourth-order valence-electron chi connectivity index (χ4n) is 3.33. The van der Waals surface area contributed by atoms with Crippen LogP contribution in [0.1, 0.15) is 52.0 Å². The van der Waals surface area contributed by atoms with Crippen molar-refractivity contribution in [3.05, 3.63) is 23.8 Å². The van der Waals surface area contributed by atoms with E-state index in [0.29, 0.717) is 17.8 Å². The van der Waals surface area contributed by atoms with Crippen LogP contribution < -0.4 is 4.74 Å². The fourth-order valence-corrected chi connectivity index (χ4v) is 3.33. The van der Waals surface area contributed by atoms with Gasteiger partial charge in [0.25, 0.3) is 0 Å². The van der Waals surface area contributed by atoms with Crippen LogP contribution in [0.25, 0.3) is 0 Å². The monoisotopic (exact) mass is 291 g/mol. The SMILES string of the molecule is CCOc1cc(CN2CCC(CC)(CC)CC2)ccc1O. The number of hydrogen-bond acceptors (Lipinski definition) is 3. The van der Waals surface area contributed by atoms with Crippen molar-refractivity contribution in [2.24, 2.45) is 5.41 Å². The minimum absolute atomic E-state index is 0.232. The van der Waals surface area contributed by atoms with Crippen molar-refractivity contribution >= 4 is 0 Å². The summed E-state index contributed by atoms with van der Waals surface area (Å²) in [5.41, 5.74) is 1.79. The maximum Gasteiger partial charge on any atom is 0.161 e. The van der Waals surface area contributed by atoms with Gasteiger partial charge in [0.15, 0.2) is 11.5 Å². The van der Waals surface area contributed by atoms with Gasteiger partial charge < -0.3 is 9.84 Å². The molecule has 0 amide bonds. The Balaban J connectivity index is 1.96. The summed E-state index contributed by atoms with van der Waals surface area (Å²) in [5, 5.41) is 9.77. The lowest BCUT2D eigenvalue weighted by Crippen LogP contribution is -2.39. The van der Waals surface area contributed by atoms with Crippen LogP contribution in [0, 0.1) is 5.41 Å². The molecule has 3 nitrogen and oxygen atoms in total. The molecular formula is C18H29NO2. The van der Waals surface area contributed by atoms with Gasteiger partial charge in [-0.15, -0.1) is 0 Å². The third-order valence-electron chi connectivity index (χ3n) is 5.15. The van der Waals surface area contributed by atoms with E-state index >= 15 is 0 Å². The van der Waals surface area contributed by atoms with Crippen LogP contribution in [0.3, 0.4) is 0 Å². The second-order valence-corrected chi connectivity index (χ2v) is 6.22. The van der Waals surface area contributed by atoms with Gasteiger partial charge in [-0.3, -0.25) is 4.90 Å². The van der Waals surface area contributed by atoms with Gasteiger partial charge in [0.2, 0.25) is 0 Å². The zero-order valence-corrected chi connectivity index (χ0v) is 13.7. The number of phenols is 1. The molecule has 0 spiro atoms. The maximum atomic E-state index is 9.77. The molecule has 3 heteroatoms. The highest BCUT2D eigenvalue weighted by Gasteiger charge is 2.31. The third-order valence-corrected chi connectivity index (χ3v) is 5.15. The first-order chi connectivity index (χ1) is 10.1. The molecule has 118 valence electrons. The van der Waals surface area contributed by atoms with Crippen LogP contribution in [0.5, 0.6) is 11.5 Å². The highest BCUT2D eigenvalue weighted by Crippen LogP contribution is 2.38. The summed E-state index contributed by atoms with van der Waals surface area (Å²) >= 11 is 0. The highest BCUT2D eigenvalue weighted by molar-refractivity contribution is 5.41. The van der Waals surface area contributed by atoms with E-state index in [1.165, 1.54) is 44.3 Å².